The van der Waals surface area contributed by atoms with Crippen LogP contribution in [0.2, 0.25) is 0 Å². The molecule has 1 atom stereocenters. The van der Waals surface area contributed by atoms with Crippen LogP contribution in [0.25, 0.3) is 16.7 Å². The molecule has 5 rings (SSSR count). The van der Waals surface area contributed by atoms with Gasteiger partial charge in [0.15, 0.2) is 0 Å². The lowest BCUT2D eigenvalue weighted by atomic mass is 9.99. The van der Waals surface area contributed by atoms with Crippen LogP contribution in [0, 0.1) is 0 Å². The van der Waals surface area contributed by atoms with Crippen LogP contribution in [0.4, 0.5) is 5.82 Å². The summed E-state index contributed by atoms with van der Waals surface area (Å²) in [5.74, 6) is 1.81. The highest BCUT2D eigenvalue weighted by Gasteiger charge is 2.26. The summed E-state index contributed by atoms with van der Waals surface area (Å²) in [7, 11) is 0. The Balaban J connectivity index is 1.53. The third-order valence-electron chi connectivity index (χ3n) is 5.11. The molecule has 1 aliphatic rings. The number of benzene rings is 1. The van der Waals surface area contributed by atoms with Crippen LogP contribution in [0.3, 0.4) is 0 Å². The number of para-hydroxylation sites is 1. The van der Waals surface area contributed by atoms with E-state index in [0.717, 1.165) is 24.6 Å². The zero-order valence-electron chi connectivity index (χ0n) is 14.4. The summed E-state index contributed by atoms with van der Waals surface area (Å²) in [6, 6.07) is 13.1. The number of imidazole rings is 1. The molecule has 130 valence electrons. The summed E-state index contributed by atoms with van der Waals surface area (Å²) in [5, 5.41) is 1.26. The van der Waals surface area contributed by atoms with E-state index in [1.165, 1.54) is 29.4 Å². The first-order valence-corrected chi connectivity index (χ1v) is 9.03. The molecule has 1 N–H and O–H groups in total. The quantitative estimate of drug-likeness (QED) is 0.613. The number of piperidine rings is 1. The number of nitrogens with zero attached hydrogens (tertiary/aromatic N) is 5. The Bertz CT molecular complexity index is 987. The first-order chi connectivity index (χ1) is 12.9. The molecule has 4 heterocycles. The van der Waals surface area contributed by atoms with Crippen LogP contribution in [-0.4, -0.2) is 31.0 Å². The van der Waals surface area contributed by atoms with E-state index in [2.05, 4.69) is 55.2 Å². The lowest BCUT2D eigenvalue weighted by Gasteiger charge is -2.36. The number of H-pyrrole nitrogens is 1. The summed E-state index contributed by atoms with van der Waals surface area (Å²) >= 11 is 0. The molecule has 0 spiro atoms. The molecule has 0 amide bonds. The van der Waals surface area contributed by atoms with Gasteiger partial charge in [0, 0.05) is 36.2 Å². The van der Waals surface area contributed by atoms with E-state index in [0.29, 0.717) is 6.04 Å². The predicted molar refractivity (Wildman–Crippen MR) is 101 cm³/mol. The number of hydrogen-bond donors (Lipinski definition) is 1. The monoisotopic (exact) mass is 344 g/mol. The van der Waals surface area contributed by atoms with Gasteiger partial charge in [-0.2, -0.15) is 0 Å². The average molecular weight is 344 g/mol. The summed E-state index contributed by atoms with van der Waals surface area (Å²) < 4.78 is 1.91. The molecular weight excluding hydrogens is 324 g/mol. The summed E-state index contributed by atoms with van der Waals surface area (Å²) in [4.78, 5) is 19.1. The van der Waals surface area contributed by atoms with Gasteiger partial charge < -0.3 is 9.88 Å². The smallest absolute Gasteiger partial charge is 0.143 e. The fourth-order valence-electron chi connectivity index (χ4n) is 3.83. The molecule has 6 heteroatoms. The van der Waals surface area contributed by atoms with Gasteiger partial charge in [-0.3, -0.25) is 4.57 Å². The van der Waals surface area contributed by atoms with Crippen molar-refractivity contribution in [3.8, 4) is 5.82 Å². The van der Waals surface area contributed by atoms with Gasteiger partial charge in [0.2, 0.25) is 0 Å². The molecule has 0 saturated carbocycles. The molecule has 4 aromatic rings. The van der Waals surface area contributed by atoms with Crippen molar-refractivity contribution in [2.24, 2.45) is 0 Å². The van der Waals surface area contributed by atoms with Crippen LogP contribution in [0.1, 0.15) is 31.0 Å². The van der Waals surface area contributed by atoms with Crippen LogP contribution in [0.5, 0.6) is 0 Å². The highest BCUT2D eigenvalue weighted by molar-refractivity contribution is 5.80. The van der Waals surface area contributed by atoms with Crippen LogP contribution in [0.15, 0.2) is 61.4 Å². The molecule has 0 bridgehead atoms. The Morgan fingerprint density at radius 1 is 1.04 bits per heavy atom. The van der Waals surface area contributed by atoms with Crippen LogP contribution in [-0.2, 0) is 0 Å². The molecule has 1 saturated heterocycles. The van der Waals surface area contributed by atoms with Crippen molar-refractivity contribution in [2.75, 3.05) is 11.4 Å². The minimum Gasteiger partial charge on any atom is -0.357 e. The summed E-state index contributed by atoms with van der Waals surface area (Å²) in [6.45, 7) is 1.00. The molecule has 26 heavy (non-hydrogen) atoms. The van der Waals surface area contributed by atoms with E-state index in [9.17, 15) is 0 Å². The Labute approximate surface area is 151 Å². The van der Waals surface area contributed by atoms with Crippen molar-refractivity contribution in [1.82, 2.24) is 24.5 Å². The van der Waals surface area contributed by atoms with Crippen molar-refractivity contribution in [3.63, 3.8) is 0 Å². The number of fused-ring (bicyclic) bond motifs is 1. The van der Waals surface area contributed by atoms with Crippen molar-refractivity contribution in [1.29, 1.82) is 0 Å². The van der Waals surface area contributed by atoms with Gasteiger partial charge >= 0.3 is 0 Å². The second-order valence-electron chi connectivity index (χ2n) is 6.72. The van der Waals surface area contributed by atoms with Crippen LogP contribution >= 0.6 is 0 Å². The van der Waals surface area contributed by atoms with Gasteiger partial charge in [0.25, 0.3) is 0 Å². The normalized spacial score (nSPS) is 17.7. The first kappa shape index (κ1) is 15.1. The van der Waals surface area contributed by atoms with Crippen molar-refractivity contribution in [3.05, 3.63) is 67.1 Å². The number of aromatic nitrogens is 5. The number of hydrogen-bond acceptors (Lipinski definition) is 4. The molecule has 0 radical (unpaired) electrons. The molecular formula is C20H20N6. The summed E-state index contributed by atoms with van der Waals surface area (Å²) in [5.41, 5.74) is 2.45. The predicted octanol–water partition coefficient (Wildman–Crippen LogP) is 3.88. The average Bonchev–Trinajstić information content (AvgIpc) is 3.38. The topological polar surface area (TPSA) is 62.6 Å². The van der Waals surface area contributed by atoms with Gasteiger partial charge in [-0.1, -0.05) is 18.2 Å². The van der Waals surface area contributed by atoms with E-state index in [-0.39, 0.29) is 0 Å². The Kier molecular flexibility index (Phi) is 3.66. The van der Waals surface area contributed by atoms with Gasteiger partial charge in [-0.05, 0) is 36.8 Å². The largest absolute Gasteiger partial charge is 0.357 e. The van der Waals surface area contributed by atoms with Crippen molar-refractivity contribution >= 4 is 16.7 Å². The molecule has 6 nitrogen and oxygen atoms in total. The molecule has 1 fully saturated rings. The van der Waals surface area contributed by atoms with Crippen molar-refractivity contribution in [2.45, 2.75) is 25.3 Å². The van der Waals surface area contributed by atoms with Crippen molar-refractivity contribution < 1.29 is 0 Å². The summed E-state index contributed by atoms with van der Waals surface area (Å²) in [6.07, 6.45) is 10.6. The molecule has 3 aromatic heterocycles. The number of nitrogens with one attached hydrogen (secondary N) is 1. The Morgan fingerprint density at radius 2 is 1.96 bits per heavy atom. The number of rotatable bonds is 3. The van der Waals surface area contributed by atoms with Gasteiger partial charge in [0.1, 0.15) is 24.3 Å². The standard InChI is InChI=1S/C20H20N6/c1-2-6-16-15(5-1)11-17(24-16)18-7-3-4-9-26(18)20-12-19(22-13-23-20)25-10-8-21-14-25/h1-2,5-6,8,10-14,18,24H,3-4,7,9H2/t18-/m1/s1. The highest BCUT2D eigenvalue weighted by atomic mass is 15.2. The highest BCUT2D eigenvalue weighted by Crippen LogP contribution is 2.35. The number of aromatic amines is 1. The van der Waals surface area contributed by atoms with E-state index in [1.807, 2.05) is 16.8 Å². The van der Waals surface area contributed by atoms with E-state index < -0.39 is 0 Å². The second kappa shape index (κ2) is 6.29. The minimum atomic E-state index is 0.307. The van der Waals surface area contributed by atoms with Gasteiger partial charge in [0.05, 0.1) is 6.04 Å². The third-order valence-corrected chi connectivity index (χ3v) is 5.11. The Hall–Kier alpha value is -3.15. The lowest BCUT2D eigenvalue weighted by Crippen LogP contribution is -2.34. The van der Waals surface area contributed by atoms with E-state index >= 15 is 0 Å². The maximum Gasteiger partial charge on any atom is 0.143 e. The first-order valence-electron chi connectivity index (χ1n) is 9.03. The lowest BCUT2D eigenvalue weighted by molar-refractivity contribution is 0.463. The zero-order chi connectivity index (χ0) is 17.3. The SMILES string of the molecule is c1ccc2[nH]c([C@H]3CCCCN3c3cc(-n4ccnc4)ncn3)cc2c1. The molecule has 1 aromatic carbocycles. The fraction of sp³-hybridized carbons (Fsp3) is 0.250. The minimum absolute atomic E-state index is 0.307. The number of anilines is 1. The Morgan fingerprint density at radius 3 is 2.85 bits per heavy atom. The van der Waals surface area contributed by atoms with Crippen LogP contribution < -0.4 is 4.90 Å². The van der Waals surface area contributed by atoms with Gasteiger partial charge in [-0.25, -0.2) is 15.0 Å². The van der Waals surface area contributed by atoms with E-state index in [4.69, 9.17) is 0 Å². The van der Waals surface area contributed by atoms with E-state index in [1.54, 1.807) is 18.9 Å². The zero-order valence-corrected chi connectivity index (χ0v) is 14.4. The third kappa shape index (κ3) is 2.63. The molecule has 1 aliphatic heterocycles. The second-order valence-corrected chi connectivity index (χ2v) is 6.72. The molecule has 0 unspecified atom stereocenters. The maximum atomic E-state index is 4.57. The van der Waals surface area contributed by atoms with Gasteiger partial charge in [-0.15, -0.1) is 0 Å². The fourth-order valence-corrected chi connectivity index (χ4v) is 3.83. The molecule has 0 aliphatic carbocycles. The maximum absolute atomic E-state index is 4.57.